The topological polar surface area (TPSA) is 33.7 Å². The molecule has 0 saturated carbocycles. The van der Waals surface area contributed by atoms with Crippen molar-refractivity contribution in [2.45, 2.75) is 13.0 Å². The summed E-state index contributed by atoms with van der Waals surface area (Å²) in [6.45, 7) is 9.00. The molecule has 1 aliphatic heterocycles. The highest BCUT2D eigenvalue weighted by Crippen LogP contribution is 2.22. The third kappa shape index (κ3) is 3.71. The van der Waals surface area contributed by atoms with E-state index in [0.29, 0.717) is 5.76 Å². The summed E-state index contributed by atoms with van der Waals surface area (Å²) in [5.41, 5.74) is 8.73. The summed E-state index contributed by atoms with van der Waals surface area (Å²) in [5, 5.41) is 2.16. The van der Waals surface area contributed by atoms with E-state index in [1.165, 1.54) is 5.56 Å². The van der Waals surface area contributed by atoms with Gasteiger partial charge in [0.05, 0.1) is 20.3 Å². The van der Waals surface area contributed by atoms with Crippen molar-refractivity contribution in [3.8, 4) is 0 Å². The van der Waals surface area contributed by atoms with Gasteiger partial charge in [-0.25, -0.2) is 10.4 Å². The Kier molecular flexibility index (Phi) is 5.39. The van der Waals surface area contributed by atoms with Gasteiger partial charge in [-0.2, -0.15) is 0 Å². The van der Waals surface area contributed by atoms with Crippen LogP contribution >= 0.6 is 0 Å². The predicted molar refractivity (Wildman–Crippen MR) is 79.1 cm³/mol. The first-order chi connectivity index (χ1) is 9.74. The molecule has 1 saturated heterocycles. The Hall–Kier alpha value is -1.58. The van der Waals surface area contributed by atoms with Gasteiger partial charge in [0.1, 0.15) is 6.04 Å². The normalized spacial score (nSPS) is 17.3. The van der Waals surface area contributed by atoms with E-state index >= 15 is 0 Å². The minimum Gasteiger partial charge on any atom is -0.491 e. The fourth-order valence-corrected chi connectivity index (χ4v) is 2.21. The Morgan fingerprint density at radius 2 is 2.00 bits per heavy atom. The third-order valence-electron chi connectivity index (χ3n) is 3.39. The van der Waals surface area contributed by atoms with Crippen LogP contribution in [-0.4, -0.2) is 38.4 Å². The predicted octanol–water partition coefficient (Wildman–Crippen LogP) is 2.19. The molecule has 20 heavy (non-hydrogen) atoms. The lowest BCUT2D eigenvalue weighted by Gasteiger charge is -2.32. The number of nitrogens with zero attached hydrogens (tertiary/aromatic N) is 1. The summed E-state index contributed by atoms with van der Waals surface area (Å²) < 4.78 is 10.8. The molecule has 1 fully saturated rings. The molecule has 108 valence electrons. The zero-order valence-corrected chi connectivity index (χ0v) is 12.2. The second kappa shape index (κ2) is 7.27. The van der Waals surface area contributed by atoms with E-state index in [-0.39, 0.29) is 6.04 Å². The molecule has 1 aromatic rings. The Bertz CT molecular complexity index is 472. The third-order valence-corrected chi connectivity index (χ3v) is 3.39. The first-order valence-electron chi connectivity index (χ1n) is 6.84. The summed E-state index contributed by atoms with van der Waals surface area (Å²) >= 11 is 0. The Labute approximate surface area is 120 Å². The van der Waals surface area contributed by atoms with Crippen molar-refractivity contribution >= 4 is 0 Å². The summed E-state index contributed by atoms with van der Waals surface area (Å²) in [6, 6.07) is 8.32. The first kappa shape index (κ1) is 14.8. The zero-order chi connectivity index (χ0) is 14.4. The van der Waals surface area contributed by atoms with Crippen LogP contribution < -0.4 is 5.43 Å². The van der Waals surface area contributed by atoms with E-state index in [2.05, 4.69) is 53.9 Å². The van der Waals surface area contributed by atoms with Crippen molar-refractivity contribution in [1.82, 2.24) is 10.4 Å². The second-order valence-corrected chi connectivity index (χ2v) is 4.82. The standard InChI is InChI=1S/C16H22N2O2/c1-4-15(19-3)16(14-7-5-13(2)6-8-14)17-18-9-11-20-12-10-18/h5-8,16-17H,1,9-12H2,2-3H3. The highest BCUT2D eigenvalue weighted by Gasteiger charge is 2.21. The molecule has 0 bridgehead atoms. The lowest BCUT2D eigenvalue weighted by Crippen LogP contribution is -2.47. The maximum Gasteiger partial charge on any atom is 0.160 e. The first-order valence-corrected chi connectivity index (χ1v) is 6.84. The number of hydrogen-bond donors (Lipinski definition) is 1. The lowest BCUT2D eigenvalue weighted by molar-refractivity contribution is 0.00216. The van der Waals surface area contributed by atoms with Crippen LogP contribution in [0.5, 0.6) is 0 Å². The van der Waals surface area contributed by atoms with Crippen LogP contribution in [-0.2, 0) is 9.47 Å². The quantitative estimate of drug-likeness (QED) is 0.659. The number of aryl methyl sites for hydroxylation is 1. The van der Waals surface area contributed by atoms with Gasteiger partial charge in [0.2, 0.25) is 0 Å². The number of methoxy groups -OCH3 is 1. The summed E-state index contributed by atoms with van der Waals surface area (Å²) in [5.74, 6) is 0.695. The van der Waals surface area contributed by atoms with Crippen LogP contribution in [0.1, 0.15) is 17.2 Å². The molecule has 1 aliphatic rings. The number of hydrogen-bond acceptors (Lipinski definition) is 4. The van der Waals surface area contributed by atoms with Crippen LogP contribution in [0, 0.1) is 6.92 Å². The van der Waals surface area contributed by atoms with Crippen LogP contribution in [0.25, 0.3) is 0 Å². The fourth-order valence-electron chi connectivity index (χ4n) is 2.21. The fraction of sp³-hybridized carbons (Fsp3) is 0.438. The Morgan fingerprint density at radius 3 is 2.55 bits per heavy atom. The van der Waals surface area contributed by atoms with Crippen LogP contribution in [0.2, 0.25) is 0 Å². The molecule has 0 aliphatic carbocycles. The average Bonchev–Trinajstić information content (AvgIpc) is 2.49. The molecule has 0 amide bonds. The van der Waals surface area contributed by atoms with E-state index < -0.39 is 0 Å². The number of hydrazine groups is 1. The monoisotopic (exact) mass is 274 g/mol. The molecule has 0 spiro atoms. The minimum absolute atomic E-state index is 0.0730. The second-order valence-electron chi connectivity index (χ2n) is 4.82. The molecule has 1 N–H and O–H groups in total. The van der Waals surface area contributed by atoms with Crippen LogP contribution in [0.15, 0.2) is 42.3 Å². The number of ether oxygens (including phenoxy) is 2. The van der Waals surface area contributed by atoms with E-state index in [9.17, 15) is 0 Å². The maximum absolute atomic E-state index is 5.41. The highest BCUT2D eigenvalue weighted by atomic mass is 16.5. The highest BCUT2D eigenvalue weighted by molar-refractivity contribution is 5.28. The van der Waals surface area contributed by atoms with Gasteiger partial charge < -0.3 is 9.47 Å². The summed E-state index contributed by atoms with van der Waals surface area (Å²) in [6.07, 6.45) is 0. The SMILES string of the molecule is C=C=C(OC)C(NN1CCOCC1)c1ccc(C)cc1. The van der Waals surface area contributed by atoms with Crippen LogP contribution in [0.3, 0.4) is 0 Å². The molecular formula is C16H22N2O2. The molecule has 1 atom stereocenters. The van der Waals surface area contributed by atoms with Crippen LogP contribution in [0.4, 0.5) is 0 Å². The number of nitrogens with one attached hydrogen (secondary N) is 1. The van der Waals surface area contributed by atoms with Gasteiger partial charge in [0, 0.05) is 13.1 Å². The Morgan fingerprint density at radius 1 is 1.35 bits per heavy atom. The van der Waals surface area contributed by atoms with Gasteiger partial charge >= 0.3 is 0 Å². The largest absolute Gasteiger partial charge is 0.491 e. The molecule has 1 unspecified atom stereocenters. The van der Waals surface area contributed by atoms with E-state index in [4.69, 9.17) is 9.47 Å². The average molecular weight is 274 g/mol. The van der Waals surface area contributed by atoms with Gasteiger partial charge in [-0.05, 0) is 12.5 Å². The molecule has 0 aromatic heterocycles. The Balaban J connectivity index is 2.19. The number of benzene rings is 1. The van der Waals surface area contributed by atoms with Crippen molar-refractivity contribution in [1.29, 1.82) is 0 Å². The smallest absolute Gasteiger partial charge is 0.160 e. The van der Waals surface area contributed by atoms with Crippen molar-refractivity contribution < 1.29 is 9.47 Å². The summed E-state index contributed by atoms with van der Waals surface area (Å²) in [7, 11) is 1.65. The molecule has 1 aromatic carbocycles. The van der Waals surface area contributed by atoms with Crippen molar-refractivity contribution in [3.63, 3.8) is 0 Å². The molecule has 4 nitrogen and oxygen atoms in total. The van der Waals surface area contributed by atoms with Gasteiger partial charge in [0.15, 0.2) is 5.76 Å². The number of rotatable bonds is 5. The van der Waals surface area contributed by atoms with E-state index in [0.717, 1.165) is 31.9 Å². The van der Waals surface area contributed by atoms with E-state index in [1.54, 1.807) is 7.11 Å². The zero-order valence-electron chi connectivity index (χ0n) is 12.2. The number of morpholine rings is 1. The van der Waals surface area contributed by atoms with Crippen molar-refractivity contribution in [2.75, 3.05) is 33.4 Å². The van der Waals surface area contributed by atoms with Gasteiger partial charge in [0.25, 0.3) is 0 Å². The molecule has 0 radical (unpaired) electrons. The molecular weight excluding hydrogens is 252 g/mol. The van der Waals surface area contributed by atoms with Crippen molar-refractivity contribution in [2.24, 2.45) is 0 Å². The molecule has 1 heterocycles. The molecule has 2 rings (SSSR count). The summed E-state index contributed by atoms with van der Waals surface area (Å²) in [4.78, 5) is 0. The van der Waals surface area contributed by atoms with E-state index in [1.807, 2.05) is 0 Å². The van der Waals surface area contributed by atoms with Gasteiger partial charge in [-0.1, -0.05) is 42.1 Å². The van der Waals surface area contributed by atoms with Gasteiger partial charge in [-0.3, -0.25) is 0 Å². The lowest BCUT2D eigenvalue weighted by atomic mass is 10.0. The maximum atomic E-state index is 5.41. The minimum atomic E-state index is -0.0730. The van der Waals surface area contributed by atoms with Gasteiger partial charge in [-0.15, -0.1) is 0 Å². The molecule has 4 heteroatoms. The van der Waals surface area contributed by atoms with Crippen molar-refractivity contribution in [3.05, 3.63) is 53.5 Å².